The van der Waals surface area contributed by atoms with Crippen molar-refractivity contribution in [2.75, 3.05) is 0 Å². The highest BCUT2D eigenvalue weighted by Gasteiger charge is 2.53. The van der Waals surface area contributed by atoms with E-state index in [-0.39, 0.29) is 24.4 Å². The van der Waals surface area contributed by atoms with Crippen LogP contribution >= 0.6 is 0 Å². The van der Waals surface area contributed by atoms with E-state index in [1.807, 2.05) is 0 Å². The standard InChI is InChI=1S/C14H20O4/c15-12(16)1-2-13(17)18-14-6-9-3-10(7-14)5-11(4-9)8-14/h9-11H,1-8H2,(H,15,16). The van der Waals surface area contributed by atoms with Crippen molar-refractivity contribution in [2.24, 2.45) is 17.8 Å². The summed E-state index contributed by atoms with van der Waals surface area (Å²) in [6.07, 6.45) is 6.86. The Balaban J connectivity index is 1.61. The molecule has 0 unspecified atom stereocenters. The number of hydrogen-bond acceptors (Lipinski definition) is 3. The number of carboxylic acids is 1. The topological polar surface area (TPSA) is 63.6 Å². The van der Waals surface area contributed by atoms with Gasteiger partial charge in [0.05, 0.1) is 12.8 Å². The molecule has 18 heavy (non-hydrogen) atoms. The highest BCUT2D eigenvalue weighted by Crippen LogP contribution is 2.57. The van der Waals surface area contributed by atoms with Crippen molar-refractivity contribution in [3.63, 3.8) is 0 Å². The minimum atomic E-state index is -0.933. The Hall–Kier alpha value is -1.06. The fourth-order valence-corrected chi connectivity index (χ4v) is 4.66. The van der Waals surface area contributed by atoms with Gasteiger partial charge in [-0.3, -0.25) is 9.59 Å². The third-order valence-corrected chi connectivity index (χ3v) is 4.86. The fraction of sp³-hybridized carbons (Fsp3) is 0.857. The van der Waals surface area contributed by atoms with Crippen LogP contribution in [0.25, 0.3) is 0 Å². The summed E-state index contributed by atoms with van der Waals surface area (Å²) in [5, 5.41) is 8.58. The average molecular weight is 252 g/mol. The van der Waals surface area contributed by atoms with E-state index in [1.165, 1.54) is 19.3 Å². The molecule has 4 aliphatic rings. The number of carbonyl (C=O) groups excluding carboxylic acids is 1. The molecule has 0 aromatic rings. The smallest absolute Gasteiger partial charge is 0.306 e. The predicted octanol–water partition coefficient (Wildman–Crippen LogP) is 2.36. The van der Waals surface area contributed by atoms with Gasteiger partial charge in [-0.15, -0.1) is 0 Å². The first-order valence-electron chi connectivity index (χ1n) is 6.98. The molecule has 0 amide bonds. The summed E-state index contributed by atoms with van der Waals surface area (Å²) >= 11 is 0. The second kappa shape index (κ2) is 4.25. The molecule has 0 saturated heterocycles. The van der Waals surface area contributed by atoms with Crippen LogP contribution in [-0.2, 0) is 14.3 Å². The van der Waals surface area contributed by atoms with Crippen molar-refractivity contribution in [1.82, 2.24) is 0 Å². The molecule has 4 nitrogen and oxygen atoms in total. The van der Waals surface area contributed by atoms with Gasteiger partial charge in [-0.25, -0.2) is 0 Å². The van der Waals surface area contributed by atoms with Gasteiger partial charge in [0.2, 0.25) is 0 Å². The van der Waals surface area contributed by atoms with Gasteiger partial charge in [-0.05, 0) is 56.3 Å². The van der Waals surface area contributed by atoms with Gasteiger partial charge in [-0.1, -0.05) is 0 Å². The first kappa shape index (κ1) is 12.0. The number of ether oxygens (including phenoxy) is 1. The summed E-state index contributed by atoms with van der Waals surface area (Å²) < 4.78 is 5.70. The van der Waals surface area contributed by atoms with E-state index in [4.69, 9.17) is 9.84 Å². The minimum Gasteiger partial charge on any atom is -0.481 e. The van der Waals surface area contributed by atoms with Crippen LogP contribution < -0.4 is 0 Å². The predicted molar refractivity (Wildman–Crippen MR) is 63.9 cm³/mol. The molecule has 0 atom stereocenters. The van der Waals surface area contributed by atoms with Crippen molar-refractivity contribution >= 4 is 11.9 Å². The highest BCUT2D eigenvalue weighted by atomic mass is 16.6. The number of carboxylic acid groups (broad SMARTS) is 1. The Bertz CT molecular complexity index is 339. The Morgan fingerprint density at radius 3 is 1.94 bits per heavy atom. The fourth-order valence-electron chi connectivity index (χ4n) is 4.66. The van der Waals surface area contributed by atoms with Crippen LogP contribution in [0.15, 0.2) is 0 Å². The lowest BCUT2D eigenvalue weighted by Crippen LogP contribution is -2.52. The normalized spacial score (nSPS) is 40.8. The molecule has 4 rings (SSSR count). The van der Waals surface area contributed by atoms with Gasteiger partial charge in [0.25, 0.3) is 0 Å². The van der Waals surface area contributed by atoms with E-state index in [9.17, 15) is 9.59 Å². The lowest BCUT2D eigenvalue weighted by molar-refractivity contribution is -0.187. The number of esters is 1. The van der Waals surface area contributed by atoms with Crippen LogP contribution in [0, 0.1) is 17.8 Å². The number of rotatable bonds is 4. The third kappa shape index (κ3) is 2.25. The van der Waals surface area contributed by atoms with Gasteiger partial charge in [0.15, 0.2) is 0 Å². The summed E-state index contributed by atoms with van der Waals surface area (Å²) in [7, 11) is 0. The number of aliphatic carboxylic acids is 1. The van der Waals surface area contributed by atoms with E-state index in [0.29, 0.717) is 0 Å². The lowest BCUT2D eigenvalue weighted by atomic mass is 9.54. The molecular weight excluding hydrogens is 232 g/mol. The van der Waals surface area contributed by atoms with Crippen molar-refractivity contribution in [2.45, 2.75) is 57.0 Å². The molecule has 4 bridgehead atoms. The van der Waals surface area contributed by atoms with E-state index >= 15 is 0 Å². The van der Waals surface area contributed by atoms with Crippen molar-refractivity contribution in [3.8, 4) is 0 Å². The Morgan fingerprint density at radius 2 is 1.50 bits per heavy atom. The maximum absolute atomic E-state index is 11.7. The van der Waals surface area contributed by atoms with Crippen LogP contribution in [0.4, 0.5) is 0 Å². The molecule has 0 heterocycles. The summed E-state index contributed by atoms with van der Waals surface area (Å²) in [5.41, 5.74) is -0.232. The zero-order chi connectivity index (χ0) is 12.8. The molecule has 0 aromatic heterocycles. The Kier molecular flexibility index (Phi) is 2.83. The summed E-state index contributed by atoms with van der Waals surface area (Å²) in [6.45, 7) is 0. The minimum absolute atomic E-state index is 0.0110. The maximum atomic E-state index is 11.7. The molecule has 4 saturated carbocycles. The highest BCUT2D eigenvalue weighted by molar-refractivity contribution is 5.76. The van der Waals surface area contributed by atoms with Crippen LogP contribution in [0.5, 0.6) is 0 Å². The second-order valence-electron chi connectivity index (χ2n) is 6.47. The first-order chi connectivity index (χ1) is 8.55. The lowest BCUT2D eigenvalue weighted by Gasteiger charge is -2.55. The van der Waals surface area contributed by atoms with E-state index < -0.39 is 5.97 Å². The van der Waals surface area contributed by atoms with Gasteiger partial charge in [0.1, 0.15) is 5.60 Å². The number of carbonyl (C=O) groups is 2. The first-order valence-corrected chi connectivity index (χ1v) is 6.98. The molecule has 100 valence electrons. The van der Waals surface area contributed by atoms with Crippen LogP contribution in [0.1, 0.15) is 51.4 Å². The molecule has 0 aliphatic heterocycles. The molecular formula is C14H20O4. The molecule has 0 radical (unpaired) electrons. The summed E-state index contributed by atoms with van der Waals surface area (Å²) in [5.74, 6) is 0.965. The Morgan fingerprint density at radius 1 is 1.00 bits per heavy atom. The Labute approximate surface area is 107 Å². The summed E-state index contributed by atoms with van der Waals surface area (Å²) in [6, 6.07) is 0. The zero-order valence-electron chi connectivity index (χ0n) is 10.6. The molecule has 0 spiro atoms. The second-order valence-corrected chi connectivity index (χ2v) is 6.47. The monoisotopic (exact) mass is 252 g/mol. The quantitative estimate of drug-likeness (QED) is 0.780. The van der Waals surface area contributed by atoms with E-state index in [2.05, 4.69) is 0 Å². The molecule has 4 aliphatic carbocycles. The summed E-state index contributed by atoms with van der Waals surface area (Å²) in [4.78, 5) is 22.2. The zero-order valence-corrected chi connectivity index (χ0v) is 10.6. The third-order valence-electron chi connectivity index (χ3n) is 4.86. The van der Waals surface area contributed by atoms with E-state index in [0.717, 1.165) is 37.0 Å². The van der Waals surface area contributed by atoms with Gasteiger partial charge in [-0.2, -0.15) is 0 Å². The van der Waals surface area contributed by atoms with Crippen molar-refractivity contribution in [3.05, 3.63) is 0 Å². The van der Waals surface area contributed by atoms with Crippen molar-refractivity contribution in [1.29, 1.82) is 0 Å². The maximum Gasteiger partial charge on any atom is 0.306 e. The molecule has 4 fully saturated rings. The van der Waals surface area contributed by atoms with Crippen LogP contribution in [0.2, 0.25) is 0 Å². The van der Waals surface area contributed by atoms with Gasteiger partial charge in [0, 0.05) is 0 Å². The van der Waals surface area contributed by atoms with Crippen LogP contribution in [-0.4, -0.2) is 22.6 Å². The SMILES string of the molecule is O=C(O)CCC(=O)OC12CC3CC(CC(C3)C1)C2. The molecule has 0 aromatic carbocycles. The molecule has 1 N–H and O–H groups in total. The van der Waals surface area contributed by atoms with Gasteiger partial charge < -0.3 is 9.84 Å². The molecule has 4 heteroatoms. The average Bonchev–Trinajstić information content (AvgIpc) is 2.23. The van der Waals surface area contributed by atoms with Crippen molar-refractivity contribution < 1.29 is 19.4 Å². The number of hydrogen-bond donors (Lipinski definition) is 1. The van der Waals surface area contributed by atoms with Crippen LogP contribution in [0.3, 0.4) is 0 Å². The largest absolute Gasteiger partial charge is 0.481 e. The van der Waals surface area contributed by atoms with E-state index in [1.54, 1.807) is 0 Å². The van der Waals surface area contributed by atoms with Gasteiger partial charge >= 0.3 is 11.9 Å².